The molecule has 4 rings (SSSR count). The molecule has 2 N–H and O–H groups in total. The van der Waals surface area contributed by atoms with Crippen LogP contribution in [0.2, 0.25) is 10.0 Å². The van der Waals surface area contributed by atoms with Gasteiger partial charge in [-0.2, -0.15) is 11.3 Å². The lowest BCUT2D eigenvalue weighted by atomic mass is 10.2. The van der Waals surface area contributed by atoms with Crippen molar-refractivity contribution in [3.63, 3.8) is 0 Å². The van der Waals surface area contributed by atoms with E-state index in [1.54, 1.807) is 34.1 Å². The van der Waals surface area contributed by atoms with Crippen molar-refractivity contribution >= 4 is 40.4 Å². The van der Waals surface area contributed by atoms with Crippen LogP contribution in [-0.4, -0.2) is 9.55 Å². The summed E-state index contributed by atoms with van der Waals surface area (Å²) in [5, 5.41) is 8.18. The monoisotopic (exact) mass is 415 g/mol. The van der Waals surface area contributed by atoms with Crippen LogP contribution in [0.4, 0.5) is 5.82 Å². The van der Waals surface area contributed by atoms with Gasteiger partial charge in [-0.15, -0.1) is 0 Å². The molecular formula is C20H15Cl2N3OS. The van der Waals surface area contributed by atoms with E-state index in [0.717, 1.165) is 16.8 Å². The number of aromatic amines is 1. The molecule has 0 amide bonds. The quantitative estimate of drug-likeness (QED) is 0.431. The first-order valence-electron chi connectivity index (χ1n) is 8.24. The van der Waals surface area contributed by atoms with E-state index in [0.29, 0.717) is 28.1 Å². The van der Waals surface area contributed by atoms with Crippen molar-refractivity contribution in [3.05, 3.63) is 91.5 Å². The maximum atomic E-state index is 12.8. The predicted octanol–water partition coefficient (Wildman–Crippen LogP) is 5.81. The van der Waals surface area contributed by atoms with E-state index in [9.17, 15) is 4.79 Å². The second-order valence-corrected chi connectivity index (χ2v) is 7.53. The third kappa shape index (κ3) is 3.67. The first-order chi connectivity index (χ1) is 13.1. The minimum Gasteiger partial charge on any atom is -0.366 e. The summed E-state index contributed by atoms with van der Waals surface area (Å²) in [6.45, 7) is 0.597. The maximum absolute atomic E-state index is 12.8. The minimum atomic E-state index is -0.245. The molecule has 2 heterocycles. The average Bonchev–Trinajstić information content (AvgIpc) is 3.30. The Morgan fingerprint density at radius 1 is 1.04 bits per heavy atom. The average molecular weight is 416 g/mol. The highest BCUT2D eigenvalue weighted by Crippen LogP contribution is 2.32. The summed E-state index contributed by atoms with van der Waals surface area (Å²) in [6.07, 6.45) is 0. The van der Waals surface area contributed by atoms with Gasteiger partial charge in [-0.3, -0.25) is 9.55 Å². The lowest BCUT2D eigenvalue weighted by molar-refractivity contribution is 0.993. The Bertz CT molecular complexity index is 1120. The zero-order chi connectivity index (χ0) is 18.8. The van der Waals surface area contributed by atoms with Gasteiger partial charge in [0.25, 0.3) is 0 Å². The van der Waals surface area contributed by atoms with Gasteiger partial charge in [-0.1, -0.05) is 53.5 Å². The van der Waals surface area contributed by atoms with Crippen LogP contribution in [0.1, 0.15) is 5.56 Å². The molecule has 0 saturated carbocycles. The van der Waals surface area contributed by atoms with Crippen LogP contribution in [0.5, 0.6) is 0 Å². The summed E-state index contributed by atoms with van der Waals surface area (Å²) in [6, 6.07) is 17.2. The highest BCUT2D eigenvalue weighted by atomic mass is 35.5. The SMILES string of the molecule is O=c1[nH]c(NCc2ccccc2)c(-c2ccsc2)n1-c1ccc(Cl)c(Cl)c1. The fourth-order valence-corrected chi connectivity index (χ4v) is 3.83. The Hall–Kier alpha value is -2.47. The molecule has 2 aromatic heterocycles. The number of hydrogen-bond donors (Lipinski definition) is 2. The minimum absolute atomic E-state index is 0.245. The zero-order valence-electron chi connectivity index (χ0n) is 14.1. The molecule has 0 fully saturated rings. The molecule has 0 aliphatic heterocycles. The van der Waals surface area contributed by atoms with Gasteiger partial charge in [0.2, 0.25) is 0 Å². The van der Waals surface area contributed by atoms with E-state index in [2.05, 4.69) is 10.3 Å². The fraction of sp³-hybridized carbons (Fsp3) is 0.0500. The van der Waals surface area contributed by atoms with Crippen molar-refractivity contribution < 1.29 is 0 Å². The van der Waals surface area contributed by atoms with E-state index in [-0.39, 0.29) is 5.69 Å². The summed E-state index contributed by atoms with van der Waals surface area (Å²) < 4.78 is 1.61. The highest BCUT2D eigenvalue weighted by Gasteiger charge is 2.18. The summed E-state index contributed by atoms with van der Waals surface area (Å²) in [5.74, 6) is 0.660. The van der Waals surface area contributed by atoms with E-state index >= 15 is 0 Å². The number of imidazole rings is 1. The number of rotatable bonds is 5. The van der Waals surface area contributed by atoms with Gasteiger partial charge in [-0.05, 0) is 35.2 Å². The van der Waals surface area contributed by atoms with Crippen molar-refractivity contribution in [3.8, 4) is 16.9 Å². The molecule has 0 atom stereocenters. The molecule has 4 nitrogen and oxygen atoms in total. The maximum Gasteiger partial charge on any atom is 0.332 e. The third-order valence-corrected chi connectivity index (χ3v) is 5.59. The molecule has 0 radical (unpaired) electrons. The number of hydrogen-bond acceptors (Lipinski definition) is 3. The van der Waals surface area contributed by atoms with Crippen LogP contribution in [0.3, 0.4) is 0 Å². The number of H-pyrrole nitrogens is 1. The molecule has 27 heavy (non-hydrogen) atoms. The molecule has 0 bridgehead atoms. The Balaban J connectivity index is 1.80. The van der Waals surface area contributed by atoms with E-state index in [1.807, 2.05) is 47.2 Å². The smallest absolute Gasteiger partial charge is 0.332 e. The van der Waals surface area contributed by atoms with Gasteiger partial charge in [0.15, 0.2) is 0 Å². The van der Waals surface area contributed by atoms with E-state index in [1.165, 1.54) is 0 Å². The van der Waals surface area contributed by atoms with Crippen LogP contribution in [0.25, 0.3) is 16.9 Å². The summed E-state index contributed by atoms with van der Waals surface area (Å²) >= 11 is 13.8. The number of halogens is 2. The Morgan fingerprint density at radius 3 is 2.56 bits per heavy atom. The van der Waals surface area contributed by atoms with Gasteiger partial charge >= 0.3 is 5.69 Å². The molecule has 4 aromatic rings. The van der Waals surface area contributed by atoms with Crippen LogP contribution in [0.15, 0.2) is 70.2 Å². The number of nitrogens with one attached hydrogen (secondary N) is 2. The Kier molecular flexibility index (Phi) is 5.07. The molecule has 0 unspecified atom stereocenters. The van der Waals surface area contributed by atoms with Crippen LogP contribution in [0, 0.1) is 0 Å². The number of aromatic nitrogens is 2. The first-order valence-corrected chi connectivity index (χ1v) is 9.94. The second-order valence-electron chi connectivity index (χ2n) is 5.94. The molecule has 0 aliphatic carbocycles. The lowest BCUT2D eigenvalue weighted by Gasteiger charge is -2.11. The van der Waals surface area contributed by atoms with Crippen LogP contribution < -0.4 is 11.0 Å². The van der Waals surface area contributed by atoms with Gasteiger partial charge in [0.05, 0.1) is 21.4 Å². The van der Waals surface area contributed by atoms with Gasteiger partial charge in [-0.25, -0.2) is 4.79 Å². The van der Waals surface area contributed by atoms with E-state index in [4.69, 9.17) is 23.2 Å². The first kappa shape index (κ1) is 17.9. The topological polar surface area (TPSA) is 49.8 Å². The highest BCUT2D eigenvalue weighted by molar-refractivity contribution is 7.08. The normalized spacial score (nSPS) is 10.9. The molecule has 2 aromatic carbocycles. The van der Waals surface area contributed by atoms with Crippen molar-refractivity contribution in [2.75, 3.05) is 5.32 Å². The molecule has 136 valence electrons. The number of anilines is 1. The van der Waals surface area contributed by atoms with Gasteiger partial charge in [0, 0.05) is 17.5 Å². The van der Waals surface area contributed by atoms with Crippen LogP contribution >= 0.6 is 34.5 Å². The third-order valence-electron chi connectivity index (χ3n) is 4.16. The number of nitrogens with zero attached hydrogens (tertiary/aromatic N) is 1. The Labute approximate surface area is 170 Å². The van der Waals surface area contributed by atoms with Gasteiger partial charge in [0.1, 0.15) is 5.82 Å². The summed E-state index contributed by atoms with van der Waals surface area (Å²) in [5.41, 5.74) is 3.23. The lowest BCUT2D eigenvalue weighted by Crippen LogP contribution is -2.15. The summed E-state index contributed by atoms with van der Waals surface area (Å²) in [7, 11) is 0. The van der Waals surface area contributed by atoms with Crippen LogP contribution in [-0.2, 0) is 6.54 Å². The molecular weight excluding hydrogens is 401 g/mol. The number of benzene rings is 2. The molecule has 0 aliphatic rings. The fourth-order valence-electron chi connectivity index (χ4n) is 2.89. The molecule has 7 heteroatoms. The van der Waals surface area contributed by atoms with Crippen molar-refractivity contribution in [1.29, 1.82) is 0 Å². The van der Waals surface area contributed by atoms with Gasteiger partial charge < -0.3 is 5.32 Å². The predicted molar refractivity (Wildman–Crippen MR) is 113 cm³/mol. The molecule has 0 spiro atoms. The van der Waals surface area contributed by atoms with Crippen molar-refractivity contribution in [2.45, 2.75) is 6.54 Å². The number of thiophene rings is 1. The Morgan fingerprint density at radius 2 is 1.85 bits per heavy atom. The summed E-state index contributed by atoms with van der Waals surface area (Å²) in [4.78, 5) is 15.7. The van der Waals surface area contributed by atoms with Crippen molar-refractivity contribution in [2.24, 2.45) is 0 Å². The second kappa shape index (κ2) is 7.64. The zero-order valence-corrected chi connectivity index (χ0v) is 16.4. The standard InChI is InChI=1S/C20H15Cl2N3OS/c21-16-7-6-15(10-17(16)22)25-18(14-8-9-27-12-14)19(24-20(25)26)23-11-13-4-2-1-3-5-13/h1-10,12,23H,11H2,(H,24,26). The van der Waals surface area contributed by atoms with E-state index < -0.39 is 0 Å². The molecule has 0 saturated heterocycles. The van der Waals surface area contributed by atoms with Crippen molar-refractivity contribution in [1.82, 2.24) is 9.55 Å². The largest absolute Gasteiger partial charge is 0.366 e.